The maximum atomic E-state index is 5.97. The summed E-state index contributed by atoms with van der Waals surface area (Å²) < 4.78 is 1.94. The third kappa shape index (κ3) is 1.95. The quantitative estimate of drug-likeness (QED) is 0.763. The van der Waals surface area contributed by atoms with E-state index in [0.717, 1.165) is 33.5 Å². The van der Waals surface area contributed by atoms with Gasteiger partial charge in [0.25, 0.3) is 0 Å². The Hall–Kier alpha value is -2.36. The molecule has 1 aromatic carbocycles. The molecule has 0 spiro atoms. The van der Waals surface area contributed by atoms with Crippen LogP contribution in [-0.2, 0) is 6.54 Å². The van der Waals surface area contributed by atoms with Gasteiger partial charge in [-0.05, 0) is 25.5 Å². The van der Waals surface area contributed by atoms with E-state index in [1.54, 1.807) is 0 Å². The molecular formula is C15H16N4. The van der Waals surface area contributed by atoms with Crippen molar-refractivity contribution in [3.8, 4) is 0 Å². The third-order valence-electron chi connectivity index (χ3n) is 3.47. The monoisotopic (exact) mass is 252 g/mol. The molecule has 0 aliphatic heterocycles. The molecule has 4 nitrogen and oxygen atoms in total. The Balaban J connectivity index is 2.08. The minimum absolute atomic E-state index is 0.693. The van der Waals surface area contributed by atoms with E-state index < -0.39 is 0 Å². The number of pyridine rings is 1. The van der Waals surface area contributed by atoms with Crippen LogP contribution < -0.4 is 5.73 Å². The average molecular weight is 252 g/mol. The number of fused-ring (bicyclic) bond motifs is 1. The molecule has 0 unspecified atom stereocenters. The van der Waals surface area contributed by atoms with Gasteiger partial charge in [-0.1, -0.05) is 24.3 Å². The summed E-state index contributed by atoms with van der Waals surface area (Å²) >= 11 is 0. The lowest BCUT2D eigenvalue weighted by molar-refractivity contribution is 0.661. The van der Waals surface area contributed by atoms with E-state index in [1.807, 2.05) is 36.9 Å². The summed E-state index contributed by atoms with van der Waals surface area (Å²) in [6.45, 7) is 4.62. The van der Waals surface area contributed by atoms with Crippen LogP contribution >= 0.6 is 0 Å². The van der Waals surface area contributed by atoms with Crippen molar-refractivity contribution in [1.82, 2.24) is 14.8 Å². The van der Waals surface area contributed by atoms with Crippen LogP contribution in [0.25, 0.3) is 10.9 Å². The molecular weight excluding hydrogens is 236 g/mol. The van der Waals surface area contributed by atoms with Crippen molar-refractivity contribution in [3.63, 3.8) is 0 Å². The number of aryl methyl sites for hydroxylation is 1. The predicted octanol–water partition coefficient (Wildman–Crippen LogP) is 2.68. The van der Waals surface area contributed by atoms with Crippen LogP contribution in [0.2, 0.25) is 0 Å². The topological polar surface area (TPSA) is 56.7 Å². The fourth-order valence-electron chi connectivity index (χ4n) is 2.32. The van der Waals surface area contributed by atoms with Crippen LogP contribution in [-0.4, -0.2) is 14.8 Å². The van der Waals surface area contributed by atoms with Crippen molar-refractivity contribution < 1.29 is 0 Å². The molecule has 0 bridgehead atoms. The number of rotatable bonds is 2. The summed E-state index contributed by atoms with van der Waals surface area (Å²) in [7, 11) is 0. The number of nitrogens with two attached hydrogens (primary N) is 1. The summed E-state index contributed by atoms with van der Waals surface area (Å²) in [5.41, 5.74) is 10.8. The van der Waals surface area contributed by atoms with Crippen LogP contribution in [0.3, 0.4) is 0 Å². The SMILES string of the molecule is Cc1nn(Cc2cccc3cccnc23)c(C)c1N. The number of nitrogen functional groups attached to an aromatic ring is 1. The van der Waals surface area contributed by atoms with Crippen molar-refractivity contribution in [3.05, 3.63) is 53.5 Å². The van der Waals surface area contributed by atoms with E-state index in [4.69, 9.17) is 5.73 Å². The second-order valence-corrected chi connectivity index (χ2v) is 4.73. The van der Waals surface area contributed by atoms with Gasteiger partial charge < -0.3 is 5.73 Å². The highest BCUT2D eigenvalue weighted by Gasteiger charge is 2.10. The number of benzene rings is 1. The van der Waals surface area contributed by atoms with Crippen molar-refractivity contribution in [2.75, 3.05) is 5.73 Å². The summed E-state index contributed by atoms with van der Waals surface area (Å²) in [6.07, 6.45) is 1.82. The first-order valence-electron chi connectivity index (χ1n) is 6.29. The van der Waals surface area contributed by atoms with Crippen molar-refractivity contribution in [2.24, 2.45) is 0 Å². The summed E-state index contributed by atoms with van der Waals surface area (Å²) in [5, 5.41) is 5.62. The minimum atomic E-state index is 0.693. The van der Waals surface area contributed by atoms with Crippen molar-refractivity contribution in [1.29, 1.82) is 0 Å². The van der Waals surface area contributed by atoms with Gasteiger partial charge in [-0.3, -0.25) is 9.67 Å². The van der Waals surface area contributed by atoms with Crippen molar-refractivity contribution in [2.45, 2.75) is 20.4 Å². The molecule has 2 aromatic heterocycles. The number of anilines is 1. The van der Waals surface area contributed by atoms with Gasteiger partial charge in [-0.15, -0.1) is 0 Å². The number of para-hydroxylation sites is 1. The Morgan fingerprint density at radius 3 is 2.68 bits per heavy atom. The first-order valence-corrected chi connectivity index (χ1v) is 6.29. The van der Waals surface area contributed by atoms with E-state index >= 15 is 0 Å². The van der Waals surface area contributed by atoms with E-state index in [2.05, 4.69) is 28.3 Å². The smallest absolute Gasteiger partial charge is 0.0826 e. The van der Waals surface area contributed by atoms with Gasteiger partial charge in [0.2, 0.25) is 0 Å². The Morgan fingerprint density at radius 1 is 1.16 bits per heavy atom. The summed E-state index contributed by atoms with van der Waals surface area (Å²) in [5.74, 6) is 0. The van der Waals surface area contributed by atoms with E-state index in [-0.39, 0.29) is 0 Å². The molecule has 0 aliphatic carbocycles. The second kappa shape index (κ2) is 4.39. The normalized spacial score (nSPS) is 11.1. The minimum Gasteiger partial charge on any atom is -0.396 e. The zero-order chi connectivity index (χ0) is 13.4. The first-order chi connectivity index (χ1) is 9.16. The van der Waals surface area contributed by atoms with Gasteiger partial charge in [0, 0.05) is 11.6 Å². The average Bonchev–Trinajstić information content (AvgIpc) is 2.67. The lowest BCUT2D eigenvalue weighted by atomic mass is 10.1. The molecule has 96 valence electrons. The third-order valence-corrected chi connectivity index (χ3v) is 3.47. The molecule has 3 aromatic rings. The number of hydrogen-bond acceptors (Lipinski definition) is 3. The largest absolute Gasteiger partial charge is 0.396 e. The van der Waals surface area contributed by atoms with E-state index in [0.29, 0.717) is 6.54 Å². The van der Waals surface area contributed by atoms with Gasteiger partial charge in [0.1, 0.15) is 0 Å². The molecule has 3 rings (SSSR count). The molecule has 19 heavy (non-hydrogen) atoms. The molecule has 2 N–H and O–H groups in total. The Morgan fingerprint density at radius 2 is 1.95 bits per heavy atom. The standard InChI is InChI=1S/C15H16N4/c1-10-14(16)11(2)19(18-10)9-13-6-3-5-12-7-4-8-17-15(12)13/h3-8H,9,16H2,1-2H3. The highest BCUT2D eigenvalue weighted by molar-refractivity contribution is 5.81. The van der Waals surface area contributed by atoms with Gasteiger partial charge in [0.05, 0.1) is 29.1 Å². The van der Waals surface area contributed by atoms with Crippen molar-refractivity contribution >= 4 is 16.6 Å². The fourth-order valence-corrected chi connectivity index (χ4v) is 2.32. The molecule has 2 heterocycles. The van der Waals surface area contributed by atoms with Gasteiger partial charge in [-0.2, -0.15) is 5.10 Å². The van der Waals surface area contributed by atoms with Crippen LogP contribution in [0.15, 0.2) is 36.5 Å². The number of aromatic nitrogens is 3. The Kier molecular flexibility index (Phi) is 2.71. The molecule has 4 heteroatoms. The highest BCUT2D eigenvalue weighted by Crippen LogP contribution is 2.20. The number of nitrogens with zero attached hydrogens (tertiary/aromatic N) is 3. The summed E-state index contributed by atoms with van der Waals surface area (Å²) in [6, 6.07) is 10.2. The lowest BCUT2D eigenvalue weighted by Gasteiger charge is -2.07. The maximum absolute atomic E-state index is 5.97. The Labute approximate surface area is 111 Å². The summed E-state index contributed by atoms with van der Waals surface area (Å²) in [4.78, 5) is 4.46. The number of hydrogen-bond donors (Lipinski definition) is 1. The molecule has 0 atom stereocenters. The molecule has 0 amide bonds. The van der Waals surface area contributed by atoms with E-state index in [9.17, 15) is 0 Å². The highest BCUT2D eigenvalue weighted by atomic mass is 15.3. The lowest BCUT2D eigenvalue weighted by Crippen LogP contribution is -2.05. The second-order valence-electron chi connectivity index (χ2n) is 4.73. The van der Waals surface area contributed by atoms with Gasteiger partial charge in [0.15, 0.2) is 0 Å². The molecule has 0 aliphatic rings. The molecule has 0 saturated carbocycles. The van der Waals surface area contributed by atoms with Crippen LogP contribution in [0, 0.1) is 13.8 Å². The van der Waals surface area contributed by atoms with Crippen LogP contribution in [0.1, 0.15) is 17.0 Å². The van der Waals surface area contributed by atoms with Crippen LogP contribution in [0.4, 0.5) is 5.69 Å². The predicted molar refractivity (Wildman–Crippen MR) is 77.0 cm³/mol. The zero-order valence-electron chi connectivity index (χ0n) is 11.1. The fraction of sp³-hybridized carbons (Fsp3) is 0.200. The Bertz CT molecular complexity index is 738. The molecule has 0 fully saturated rings. The van der Waals surface area contributed by atoms with Crippen LogP contribution in [0.5, 0.6) is 0 Å². The van der Waals surface area contributed by atoms with Gasteiger partial charge >= 0.3 is 0 Å². The van der Waals surface area contributed by atoms with Gasteiger partial charge in [-0.25, -0.2) is 0 Å². The van der Waals surface area contributed by atoms with E-state index in [1.165, 1.54) is 0 Å². The first kappa shape index (κ1) is 11.7. The molecule has 0 saturated heterocycles. The zero-order valence-corrected chi connectivity index (χ0v) is 11.1. The maximum Gasteiger partial charge on any atom is 0.0826 e. The molecule has 0 radical (unpaired) electrons.